The number of carbonyl (C=O) groups excluding carboxylic acids is 2. The first-order chi connectivity index (χ1) is 13.8. The van der Waals surface area contributed by atoms with Gasteiger partial charge in [0, 0.05) is 32.4 Å². The van der Waals surface area contributed by atoms with Gasteiger partial charge in [-0.05, 0) is 36.3 Å². The maximum Gasteiger partial charge on any atom is 0.269 e. The fourth-order valence-electron chi connectivity index (χ4n) is 3.68. The number of likely N-dealkylation sites (N-methyl/N-ethyl adjacent to an activating group) is 1. The molecule has 3 aromatic rings. The van der Waals surface area contributed by atoms with Crippen molar-refractivity contribution in [2.45, 2.75) is 18.9 Å². The van der Waals surface area contributed by atoms with Crippen LogP contribution in [-0.4, -0.2) is 55.8 Å². The van der Waals surface area contributed by atoms with Crippen LogP contribution in [0.1, 0.15) is 29.4 Å². The fourth-order valence-corrected chi connectivity index (χ4v) is 3.68. The van der Waals surface area contributed by atoms with Gasteiger partial charge in [-0.2, -0.15) is 5.10 Å². The molecule has 8 nitrogen and oxygen atoms in total. The molecule has 0 spiro atoms. The number of hydrogen-bond donors (Lipinski definition) is 2. The number of likely N-dealkylation sites (tertiary alicyclic amines) is 1. The Morgan fingerprint density at radius 2 is 2.14 bits per heavy atom. The van der Waals surface area contributed by atoms with Gasteiger partial charge >= 0.3 is 0 Å². The predicted molar refractivity (Wildman–Crippen MR) is 108 cm³/mol. The van der Waals surface area contributed by atoms with Crippen LogP contribution in [0.5, 0.6) is 0 Å². The van der Waals surface area contributed by atoms with E-state index < -0.39 is 11.5 Å². The number of primary amides is 1. The number of nitrogens with two attached hydrogens (primary N) is 1. The zero-order valence-electron chi connectivity index (χ0n) is 16.2. The summed E-state index contributed by atoms with van der Waals surface area (Å²) in [5.74, 6) is -0.918. The molecule has 0 radical (unpaired) electrons. The van der Waals surface area contributed by atoms with Crippen LogP contribution in [0.2, 0.25) is 0 Å². The molecule has 0 aliphatic carbocycles. The van der Waals surface area contributed by atoms with Gasteiger partial charge in [-0.1, -0.05) is 18.2 Å². The van der Waals surface area contributed by atoms with Gasteiger partial charge in [-0.15, -0.1) is 0 Å². The lowest BCUT2D eigenvalue weighted by molar-refractivity contribution is -0.139. The average Bonchev–Trinajstić information content (AvgIpc) is 3.22. The van der Waals surface area contributed by atoms with E-state index in [9.17, 15) is 14.7 Å². The first-order valence-corrected chi connectivity index (χ1v) is 9.21. The number of aliphatic hydroxyl groups is 1. The van der Waals surface area contributed by atoms with E-state index in [0.717, 1.165) is 11.3 Å². The molecule has 4 rings (SSSR count). The molecule has 2 amide bonds. The number of benzene rings is 1. The SMILES string of the molecule is C/C(=C\c1cccc(-n2nc(C(N)=O)c3cnccc32)c1)[C@]1(O)CCN(C)C1=O. The lowest BCUT2D eigenvalue weighted by atomic mass is 9.91. The number of hydrogen-bond acceptors (Lipinski definition) is 5. The van der Waals surface area contributed by atoms with Crippen molar-refractivity contribution in [1.29, 1.82) is 0 Å². The Morgan fingerprint density at radius 1 is 1.34 bits per heavy atom. The monoisotopic (exact) mass is 391 g/mol. The summed E-state index contributed by atoms with van der Waals surface area (Å²) in [6.45, 7) is 2.27. The third kappa shape index (κ3) is 3.07. The van der Waals surface area contributed by atoms with E-state index in [-0.39, 0.29) is 11.6 Å². The van der Waals surface area contributed by atoms with Gasteiger partial charge in [-0.3, -0.25) is 14.6 Å². The van der Waals surface area contributed by atoms with Crippen molar-refractivity contribution in [3.63, 3.8) is 0 Å². The van der Waals surface area contributed by atoms with Gasteiger partial charge in [0.15, 0.2) is 11.3 Å². The van der Waals surface area contributed by atoms with Crippen molar-refractivity contribution in [2.75, 3.05) is 13.6 Å². The van der Waals surface area contributed by atoms with Crippen LogP contribution in [0.3, 0.4) is 0 Å². The van der Waals surface area contributed by atoms with Crippen LogP contribution >= 0.6 is 0 Å². The molecule has 1 fully saturated rings. The quantitative estimate of drug-likeness (QED) is 0.700. The Morgan fingerprint density at radius 3 is 2.83 bits per heavy atom. The number of pyridine rings is 1. The lowest BCUT2D eigenvalue weighted by Crippen LogP contribution is -2.39. The second-order valence-electron chi connectivity index (χ2n) is 7.28. The molecule has 8 heteroatoms. The Balaban J connectivity index is 1.77. The number of carbonyl (C=O) groups is 2. The maximum absolute atomic E-state index is 12.3. The normalized spacial score (nSPS) is 19.9. The zero-order valence-corrected chi connectivity index (χ0v) is 16.2. The van der Waals surface area contributed by atoms with E-state index in [4.69, 9.17) is 5.73 Å². The topological polar surface area (TPSA) is 114 Å². The molecule has 0 unspecified atom stereocenters. The number of amides is 2. The van der Waals surface area contributed by atoms with Crippen molar-refractivity contribution in [2.24, 2.45) is 5.73 Å². The molecule has 1 atom stereocenters. The van der Waals surface area contributed by atoms with Gasteiger partial charge in [0.25, 0.3) is 11.8 Å². The van der Waals surface area contributed by atoms with Gasteiger partial charge in [0.05, 0.1) is 16.6 Å². The molecule has 1 saturated heterocycles. The molecule has 148 valence electrons. The second kappa shape index (κ2) is 6.82. The lowest BCUT2D eigenvalue weighted by Gasteiger charge is -2.21. The first-order valence-electron chi connectivity index (χ1n) is 9.21. The minimum atomic E-state index is -1.48. The third-order valence-corrected chi connectivity index (χ3v) is 5.37. The molecule has 29 heavy (non-hydrogen) atoms. The van der Waals surface area contributed by atoms with E-state index in [2.05, 4.69) is 10.1 Å². The summed E-state index contributed by atoms with van der Waals surface area (Å²) in [5.41, 5.74) is 6.94. The van der Waals surface area contributed by atoms with Crippen LogP contribution in [0, 0.1) is 0 Å². The molecular weight excluding hydrogens is 370 g/mol. The molecule has 0 saturated carbocycles. The summed E-state index contributed by atoms with van der Waals surface area (Å²) in [6, 6.07) is 9.21. The second-order valence-corrected chi connectivity index (χ2v) is 7.28. The Hall–Kier alpha value is -3.52. The third-order valence-electron chi connectivity index (χ3n) is 5.37. The zero-order chi connectivity index (χ0) is 20.8. The van der Waals surface area contributed by atoms with E-state index in [1.54, 1.807) is 43.2 Å². The maximum atomic E-state index is 12.3. The molecule has 1 aliphatic rings. The average molecular weight is 391 g/mol. The molecule has 2 aromatic heterocycles. The van der Waals surface area contributed by atoms with E-state index in [0.29, 0.717) is 29.4 Å². The number of fused-ring (bicyclic) bond motifs is 1. The van der Waals surface area contributed by atoms with E-state index in [1.165, 1.54) is 4.90 Å². The van der Waals surface area contributed by atoms with Crippen LogP contribution in [0.25, 0.3) is 22.7 Å². The minimum absolute atomic E-state index is 0.152. The summed E-state index contributed by atoms with van der Waals surface area (Å²) < 4.78 is 1.63. The van der Waals surface area contributed by atoms with Crippen molar-refractivity contribution in [3.8, 4) is 5.69 Å². The largest absolute Gasteiger partial charge is 0.376 e. The highest BCUT2D eigenvalue weighted by Gasteiger charge is 2.44. The fraction of sp³-hybridized carbons (Fsp3) is 0.238. The van der Waals surface area contributed by atoms with Crippen LogP contribution in [-0.2, 0) is 4.79 Å². The Bertz CT molecular complexity index is 1170. The molecule has 3 heterocycles. The Kier molecular flexibility index (Phi) is 4.43. The highest BCUT2D eigenvalue weighted by atomic mass is 16.3. The number of rotatable bonds is 4. The molecule has 1 aromatic carbocycles. The van der Waals surface area contributed by atoms with Crippen LogP contribution < -0.4 is 5.73 Å². The Labute approximate surface area is 167 Å². The summed E-state index contributed by atoms with van der Waals surface area (Å²) in [4.78, 5) is 29.7. The van der Waals surface area contributed by atoms with Crippen LogP contribution in [0.15, 0.2) is 48.3 Å². The minimum Gasteiger partial charge on any atom is -0.376 e. The highest BCUT2D eigenvalue weighted by Crippen LogP contribution is 2.31. The van der Waals surface area contributed by atoms with Crippen molar-refractivity contribution >= 4 is 28.8 Å². The summed E-state index contributed by atoms with van der Waals surface area (Å²) >= 11 is 0. The molecule has 3 N–H and O–H groups in total. The summed E-state index contributed by atoms with van der Waals surface area (Å²) in [5, 5.41) is 15.8. The van der Waals surface area contributed by atoms with Crippen molar-refractivity contribution in [1.82, 2.24) is 19.7 Å². The van der Waals surface area contributed by atoms with Crippen molar-refractivity contribution < 1.29 is 14.7 Å². The predicted octanol–water partition coefficient (Wildman–Crippen LogP) is 1.52. The smallest absolute Gasteiger partial charge is 0.269 e. The number of nitrogens with zero attached hydrogens (tertiary/aromatic N) is 4. The van der Waals surface area contributed by atoms with Crippen LogP contribution in [0.4, 0.5) is 0 Å². The van der Waals surface area contributed by atoms with Gasteiger partial charge in [-0.25, -0.2) is 4.68 Å². The molecule has 0 bridgehead atoms. The summed E-state index contributed by atoms with van der Waals surface area (Å²) in [7, 11) is 1.68. The molecule has 1 aliphatic heterocycles. The molecular formula is C21H21N5O3. The van der Waals surface area contributed by atoms with Gasteiger partial charge < -0.3 is 15.7 Å². The van der Waals surface area contributed by atoms with Gasteiger partial charge in [0.2, 0.25) is 0 Å². The number of aromatic nitrogens is 3. The van der Waals surface area contributed by atoms with Gasteiger partial charge in [0.1, 0.15) is 0 Å². The highest BCUT2D eigenvalue weighted by molar-refractivity contribution is 6.04. The van der Waals surface area contributed by atoms with Crippen molar-refractivity contribution in [3.05, 3.63) is 59.6 Å². The standard InChI is InChI=1S/C21H21N5O3/c1-13(21(29)7-9-25(2)20(21)28)10-14-4-3-5-15(11-14)26-17-6-8-23-12-16(17)18(24-26)19(22)27/h3-6,8,10-12,29H,7,9H2,1-2H3,(H2,22,27)/b13-10+/t21-/m1/s1. The summed E-state index contributed by atoms with van der Waals surface area (Å²) in [6.07, 6.45) is 5.34. The van der Waals surface area contributed by atoms with E-state index in [1.807, 2.05) is 24.3 Å². The first kappa shape index (κ1) is 18.8. The van der Waals surface area contributed by atoms with E-state index >= 15 is 0 Å².